The van der Waals surface area contributed by atoms with Gasteiger partial charge in [-0.2, -0.15) is 0 Å². The standard InChI is InChI=1S/C20H32BN3O4/c22-20(19(25)26,10-1-2-11-21(27)28)16-8-13-24(14-9-16)17-7-3-5-15-6-4-12-23-18(15)17/h4,6,12,16-17,27-28H,1-3,5,7-11,13-14,22H2,(H,25,26). The smallest absolute Gasteiger partial charge is 0.451 e. The fourth-order valence-corrected chi connectivity index (χ4v) is 4.90. The van der Waals surface area contributed by atoms with E-state index < -0.39 is 18.6 Å². The van der Waals surface area contributed by atoms with E-state index >= 15 is 0 Å². The molecule has 2 heterocycles. The van der Waals surface area contributed by atoms with Crippen LogP contribution in [0.2, 0.25) is 6.32 Å². The molecule has 1 aromatic heterocycles. The van der Waals surface area contributed by atoms with Crippen molar-refractivity contribution in [3.05, 3.63) is 29.6 Å². The molecule has 5 N–H and O–H groups in total. The summed E-state index contributed by atoms with van der Waals surface area (Å²) in [4.78, 5) is 19.0. The number of pyridine rings is 1. The highest BCUT2D eigenvalue weighted by atomic mass is 16.4. The lowest BCUT2D eigenvalue weighted by Crippen LogP contribution is -2.57. The Hall–Kier alpha value is -1.48. The highest BCUT2D eigenvalue weighted by Gasteiger charge is 2.44. The molecule has 0 aromatic carbocycles. The topological polar surface area (TPSA) is 120 Å². The van der Waals surface area contributed by atoms with Crippen molar-refractivity contribution in [2.24, 2.45) is 11.7 Å². The predicted molar refractivity (Wildman–Crippen MR) is 108 cm³/mol. The molecule has 154 valence electrons. The van der Waals surface area contributed by atoms with Crippen molar-refractivity contribution in [3.63, 3.8) is 0 Å². The third-order valence-electron chi connectivity index (χ3n) is 6.57. The molecular weight excluding hydrogens is 357 g/mol. The van der Waals surface area contributed by atoms with Crippen molar-refractivity contribution in [2.75, 3.05) is 13.1 Å². The Balaban J connectivity index is 1.59. The molecular formula is C20H32BN3O4. The number of hydrogen-bond donors (Lipinski definition) is 4. The lowest BCUT2D eigenvalue weighted by atomic mass is 9.74. The quantitative estimate of drug-likeness (QED) is 0.394. The first-order chi connectivity index (χ1) is 13.4. The van der Waals surface area contributed by atoms with Crippen LogP contribution < -0.4 is 5.73 Å². The van der Waals surface area contributed by atoms with Crippen LogP contribution in [0.1, 0.15) is 62.2 Å². The molecule has 0 saturated carbocycles. The number of likely N-dealkylation sites (tertiary alicyclic amines) is 1. The Morgan fingerprint density at radius 3 is 2.71 bits per heavy atom. The van der Waals surface area contributed by atoms with Crippen LogP contribution in [0, 0.1) is 5.92 Å². The monoisotopic (exact) mass is 389 g/mol. The SMILES string of the molecule is NC(CCCCB(O)O)(C(=O)O)C1CCN(C2CCCc3cccnc32)CC1. The van der Waals surface area contributed by atoms with Gasteiger partial charge >= 0.3 is 13.1 Å². The molecule has 1 aliphatic heterocycles. The van der Waals surface area contributed by atoms with E-state index in [0.29, 0.717) is 25.3 Å². The van der Waals surface area contributed by atoms with Gasteiger partial charge < -0.3 is 20.9 Å². The molecule has 8 heteroatoms. The van der Waals surface area contributed by atoms with Crippen molar-refractivity contribution in [1.29, 1.82) is 0 Å². The summed E-state index contributed by atoms with van der Waals surface area (Å²) in [6, 6.07) is 4.49. The van der Waals surface area contributed by atoms with E-state index in [0.717, 1.165) is 45.2 Å². The van der Waals surface area contributed by atoms with Gasteiger partial charge in [0.15, 0.2) is 0 Å². The average Bonchev–Trinajstić information content (AvgIpc) is 2.70. The average molecular weight is 389 g/mol. The lowest BCUT2D eigenvalue weighted by molar-refractivity contribution is -0.147. The number of piperidine rings is 1. The van der Waals surface area contributed by atoms with Crippen LogP contribution >= 0.6 is 0 Å². The fraction of sp³-hybridized carbons (Fsp3) is 0.700. The largest absolute Gasteiger partial charge is 0.480 e. The zero-order valence-electron chi connectivity index (χ0n) is 16.5. The third kappa shape index (κ3) is 4.74. The van der Waals surface area contributed by atoms with E-state index in [9.17, 15) is 9.90 Å². The van der Waals surface area contributed by atoms with Crippen molar-refractivity contribution >= 4 is 13.1 Å². The van der Waals surface area contributed by atoms with Crippen molar-refractivity contribution in [2.45, 2.75) is 69.3 Å². The summed E-state index contributed by atoms with van der Waals surface area (Å²) in [6.07, 6.45) is 8.52. The maximum absolute atomic E-state index is 11.9. The van der Waals surface area contributed by atoms with Gasteiger partial charge in [0.05, 0.1) is 11.7 Å². The fourth-order valence-electron chi connectivity index (χ4n) is 4.90. The second kappa shape index (κ2) is 9.35. The van der Waals surface area contributed by atoms with Crippen LogP contribution in [0.15, 0.2) is 18.3 Å². The molecule has 1 saturated heterocycles. The summed E-state index contributed by atoms with van der Waals surface area (Å²) in [5.74, 6) is -1.01. The first kappa shape index (κ1) is 21.2. The van der Waals surface area contributed by atoms with Gasteiger partial charge in [0, 0.05) is 6.20 Å². The van der Waals surface area contributed by atoms with Crippen LogP contribution in [0.3, 0.4) is 0 Å². The number of nitrogens with zero attached hydrogens (tertiary/aromatic N) is 2. The van der Waals surface area contributed by atoms with Crippen LogP contribution in [-0.2, 0) is 11.2 Å². The molecule has 0 amide bonds. The summed E-state index contributed by atoms with van der Waals surface area (Å²) in [7, 11) is -1.34. The molecule has 0 radical (unpaired) electrons. The van der Waals surface area contributed by atoms with Gasteiger partial charge in [-0.05, 0) is 75.5 Å². The van der Waals surface area contributed by atoms with E-state index in [4.69, 9.17) is 15.8 Å². The van der Waals surface area contributed by atoms with Gasteiger partial charge in [0.25, 0.3) is 0 Å². The van der Waals surface area contributed by atoms with E-state index in [1.165, 1.54) is 11.3 Å². The summed E-state index contributed by atoms with van der Waals surface area (Å²) in [5.41, 5.74) is 7.66. The van der Waals surface area contributed by atoms with E-state index in [1.54, 1.807) is 0 Å². The second-order valence-corrected chi connectivity index (χ2v) is 8.34. The molecule has 1 aromatic rings. The molecule has 7 nitrogen and oxygen atoms in total. The number of carboxylic acids is 1. The Morgan fingerprint density at radius 2 is 2.04 bits per heavy atom. The van der Waals surface area contributed by atoms with Crippen LogP contribution in [-0.4, -0.2) is 56.8 Å². The number of aliphatic carboxylic acids is 1. The Labute approximate surface area is 167 Å². The maximum Gasteiger partial charge on any atom is 0.451 e. The molecule has 28 heavy (non-hydrogen) atoms. The van der Waals surface area contributed by atoms with Gasteiger partial charge in [0.1, 0.15) is 5.54 Å². The minimum atomic E-state index is -1.34. The number of aromatic nitrogens is 1. The Bertz CT molecular complexity index is 667. The molecule has 1 aliphatic carbocycles. The molecule has 3 rings (SSSR count). The minimum absolute atomic E-state index is 0.0629. The number of carboxylic acid groups (broad SMARTS) is 1. The number of nitrogens with two attached hydrogens (primary N) is 1. The number of rotatable bonds is 8. The summed E-state index contributed by atoms with van der Waals surface area (Å²) in [5, 5.41) is 27.7. The number of aryl methyl sites for hydroxylation is 1. The van der Waals surface area contributed by atoms with Crippen LogP contribution in [0.5, 0.6) is 0 Å². The number of carbonyl (C=O) groups is 1. The second-order valence-electron chi connectivity index (χ2n) is 8.34. The zero-order valence-corrected chi connectivity index (χ0v) is 16.5. The van der Waals surface area contributed by atoms with Gasteiger partial charge in [-0.1, -0.05) is 18.9 Å². The van der Waals surface area contributed by atoms with E-state index in [1.807, 2.05) is 12.3 Å². The van der Waals surface area contributed by atoms with Crippen molar-refractivity contribution < 1.29 is 19.9 Å². The van der Waals surface area contributed by atoms with Crippen molar-refractivity contribution in [3.8, 4) is 0 Å². The van der Waals surface area contributed by atoms with Crippen LogP contribution in [0.4, 0.5) is 0 Å². The third-order valence-corrected chi connectivity index (χ3v) is 6.57. The highest BCUT2D eigenvalue weighted by Crippen LogP contribution is 2.38. The van der Waals surface area contributed by atoms with Gasteiger partial charge in [-0.3, -0.25) is 14.7 Å². The molecule has 0 spiro atoms. The van der Waals surface area contributed by atoms with E-state index in [2.05, 4.69) is 16.0 Å². The predicted octanol–water partition coefficient (Wildman–Crippen LogP) is 1.60. The highest BCUT2D eigenvalue weighted by molar-refractivity contribution is 6.40. The first-order valence-corrected chi connectivity index (χ1v) is 10.5. The summed E-state index contributed by atoms with van der Waals surface area (Å²) >= 11 is 0. The van der Waals surface area contributed by atoms with E-state index in [-0.39, 0.29) is 12.2 Å². The minimum Gasteiger partial charge on any atom is -0.480 e. The lowest BCUT2D eigenvalue weighted by Gasteiger charge is -2.43. The number of hydrogen-bond acceptors (Lipinski definition) is 6. The van der Waals surface area contributed by atoms with Gasteiger partial charge in [0.2, 0.25) is 0 Å². The summed E-state index contributed by atoms with van der Waals surface area (Å²) < 4.78 is 0. The van der Waals surface area contributed by atoms with Gasteiger partial charge in [-0.25, -0.2) is 0 Å². The molecule has 0 bridgehead atoms. The molecule has 2 atom stereocenters. The maximum atomic E-state index is 11.9. The number of fused-ring (bicyclic) bond motifs is 1. The molecule has 1 fully saturated rings. The molecule has 2 aliphatic rings. The van der Waals surface area contributed by atoms with Crippen LogP contribution in [0.25, 0.3) is 0 Å². The van der Waals surface area contributed by atoms with Gasteiger partial charge in [-0.15, -0.1) is 0 Å². The zero-order chi connectivity index (χ0) is 20.1. The Morgan fingerprint density at radius 1 is 1.29 bits per heavy atom. The van der Waals surface area contributed by atoms with Crippen molar-refractivity contribution in [1.82, 2.24) is 9.88 Å². The number of unbranched alkanes of at least 4 members (excludes halogenated alkanes) is 1. The normalized spacial score (nSPS) is 23.0. The summed E-state index contributed by atoms with van der Waals surface area (Å²) in [6.45, 7) is 1.68. The molecule has 2 unspecified atom stereocenters. The first-order valence-electron chi connectivity index (χ1n) is 10.5. The Kier molecular flexibility index (Phi) is 7.09.